The van der Waals surface area contributed by atoms with Crippen LogP contribution >= 0.6 is 0 Å². The van der Waals surface area contributed by atoms with Gasteiger partial charge in [-0.05, 0) is 24.2 Å². The molecule has 0 aliphatic heterocycles. The van der Waals surface area contributed by atoms with E-state index in [4.69, 9.17) is 10.8 Å². The van der Waals surface area contributed by atoms with Crippen LogP contribution in [0.2, 0.25) is 0 Å². The summed E-state index contributed by atoms with van der Waals surface area (Å²) in [5.74, 6) is -1.38. The zero-order valence-electron chi connectivity index (χ0n) is 12.7. The van der Waals surface area contributed by atoms with Gasteiger partial charge in [0.1, 0.15) is 6.04 Å². The SMILES string of the molecule is CC(C)CC(NC(=O)C(CN)CC(C)(C)C)C(=O)O. The Morgan fingerprint density at radius 1 is 1.26 bits per heavy atom. The van der Waals surface area contributed by atoms with Gasteiger partial charge >= 0.3 is 5.97 Å². The number of hydrogen-bond donors (Lipinski definition) is 3. The number of nitrogens with one attached hydrogen (secondary N) is 1. The van der Waals surface area contributed by atoms with E-state index in [1.807, 2.05) is 34.6 Å². The molecular weight excluding hydrogens is 244 g/mol. The molecule has 0 saturated carbocycles. The fraction of sp³-hybridized carbons (Fsp3) is 0.857. The van der Waals surface area contributed by atoms with E-state index in [-0.39, 0.29) is 29.7 Å². The molecule has 2 atom stereocenters. The average molecular weight is 272 g/mol. The summed E-state index contributed by atoms with van der Waals surface area (Å²) in [6.07, 6.45) is 1.07. The zero-order chi connectivity index (χ0) is 15.2. The molecule has 0 radical (unpaired) electrons. The molecular formula is C14H28N2O3. The van der Waals surface area contributed by atoms with Crippen molar-refractivity contribution >= 4 is 11.9 Å². The first-order chi connectivity index (χ1) is 8.56. The number of aliphatic carboxylic acids is 1. The minimum absolute atomic E-state index is 0.0157. The highest BCUT2D eigenvalue weighted by Gasteiger charge is 2.28. The number of hydrogen-bond acceptors (Lipinski definition) is 3. The van der Waals surface area contributed by atoms with Gasteiger partial charge in [0, 0.05) is 6.54 Å². The Balaban J connectivity index is 4.64. The number of carboxylic acid groups (broad SMARTS) is 1. The predicted octanol–water partition coefficient (Wildman–Crippen LogP) is 1.61. The van der Waals surface area contributed by atoms with Gasteiger partial charge in [0.15, 0.2) is 0 Å². The zero-order valence-corrected chi connectivity index (χ0v) is 12.7. The molecule has 1 amide bonds. The van der Waals surface area contributed by atoms with E-state index >= 15 is 0 Å². The summed E-state index contributed by atoms with van der Waals surface area (Å²) in [5, 5.41) is 11.7. The Kier molecular flexibility index (Phi) is 7.05. The van der Waals surface area contributed by atoms with Gasteiger partial charge in [-0.15, -0.1) is 0 Å². The van der Waals surface area contributed by atoms with Crippen LogP contribution in [0.1, 0.15) is 47.5 Å². The number of carbonyl (C=O) groups is 2. The van der Waals surface area contributed by atoms with Crippen molar-refractivity contribution in [3.8, 4) is 0 Å². The van der Waals surface area contributed by atoms with Crippen molar-refractivity contribution in [2.45, 2.75) is 53.5 Å². The first-order valence-corrected chi connectivity index (χ1v) is 6.80. The highest BCUT2D eigenvalue weighted by molar-refractivity contribution is 5.85. The second kappa shape index (κ2) is 7.48. The van der Waals surface area contributed by atoms with E-state index in [9.17, 15) is 9.59 Å². The molecule has 4 N–H and O–H groups in total. The van der Waals surface area contributed by atoms with Crippen LogP contribution in [0.15, 0.2) is 0 Å². The normalized spacial score (nSPS) is 15.1. The third-order valence-electron chi connectivity index (χ3n) is 2.84. The smallest absolute Gasteiger partial charge is 0.326 e. The molecule has 0 saturated heterocycles. The summed E-state index contributed by atoms with van der Waals surface area (Å²) in [5.41, 5.74) is 5.61. The minimum atomic E-state index is -0.992. The first kappa shape index (κ1) is 17.9. The Hall–Kier alpha value is -1.10. The van der Waals surface area contributed by atoms with Crippen LogP contribution in [0.5, 0.6) is 0 Å². The number of carbonyl (C=O) groups excluding carboxylic acids is 1. The lowest BCUT2D eigenvalue weighted by molar-refractivity contribution is -0.143. The lowest BCUT2D eigenvalue weighted by Gasteiger charge is -2.26. The molecule has 5 heteroatoms. The van der Waals surface area contributed by atoms with Crippen LogP contribution in [0.25, 0.3) is 0 Å². The van der Waals surface area contributed by atoms with E-state index < -0.39 is 12.0 Å². The standard InChI is InChI=1S/C14H28N2O3/c1-9(2)6-11(13(18)19)16-12(17)10(8-15)7-14(3,4)5/h9-11H,6-8,15H2,1-5H3,(H,16,17)(H,18,19). The summed E-state index contributed by atoms with van der Waals surface area (Å²) < 4.78 is 0. The average Bonchev–Trinajstić information content (AvgIpc) is 2.22. The van der Waals surface area contributed by atoms with Crippen LogP contribution in [-0.2, 0) is 9.59 Å². The lowest BCUT2D eigenvalue weighted by Crippen LogP contribution is -2.46. The van der Waals surface area contributed by atoms with E-state index in [0.29, 0.717) is 12.8 Å². The van der Waals surface area contributed by atoms with Crippen molar-refractivity contribution in [1.29, 1.82) is 0 Å². The van der Waals surface area contributed by atoms with E-state index in [2.05, 4.69) is 5.32 Å². The highest BCUT2D eigenvalue weighted by Crippen LogP contribution is 2.24. The Morgan fingerprint density at radius 2 is 1.79 bits per heavy atom. The minimum Gasteiger partial charge on any atom is -0.480 e. The van der Waals surface area contributed by atoms with Gasteiger partial charge in [-0.3, -0.25) is 4.79 Å². The van der Waals surface area contributed by atoms with Crippen molar-refractivity contribution in [1.82, 2.24) is 5.32 Å². The van der Waals surface area contributed by atoms with Gasteiger partial charge in [0.2, 0.25) is 5.91 Å². The van der Waals surface area contributed by atoms with Crippen LogP contribution in [-0.4, -0.2) is 29.6 Å². The molecule has 0 heterocycles. The maximum atomic E-state index is 12.1. The monoisotopic (exact) mass is 272 g/mol. The summed E-state index contributed by atoms with van der Waals surface area (Å²) >= 11 is 0. The van der Waals surface area contributed by atoms with Gasteiger partial charge in [-0.1, -0.05) is 34.6 Å². The van der Waals surface area contributed by atoms with Crippen molar-refractivity contribution in [2.75, 3.05) is 6.54 Å². The fourth-order valence-corrected chi connectivity index (χ4v) is 2.00. The summed E-state index contributed by atoms with van der Waals surface area (Å²) in [7, 11) is 0. The lowest BCUT2D eigenvalue weighted by atomic mass is 9.84. The second-order valence-electron chi connectivity index (χ2n) is 6.73. The molecule has 112 valence electrons. The van der Waals surface area contributed by atoms with Crippen molar-refractivity contribution in [3.05, 3.63) is 0 Å². The third kappa shape index (κ3) is 7.82. The highest BCUT2D eigenvalue weighted by atomic mass is 16.4. The Labute approximate surface area is 115 Å². The van der Waals surface area contributed by atoms with Crippen molar-refractivity contribution in [2.24, 2.45) is 23.0 Å². The quantitative estimate of drug-likeness (QED) is 0.656. The summed E-state index contributed by atoms with van der Waals surface area (Å²) in [4.78, 5) is 23.2. The van der Waals surface area contributed by atoms with Crippen LogP contribution in [0.4, 0.5) is 0 Å². The molecule has 0 fully saturated rings. The Bertz CT molecular complexity index is 308. The molecule has 2 unspecified atom stereocenters. The van der Waals surface area contributed by atoms with Crippen LogP contribution in [0.3, 0.4) is 0 Å². The van der Waals surface area contributed by atoms with Gasteiger partial charge in [0.05, 0.1) is 5.92 Å². The van der Waals surface area contributed by atoms with Gasteiger partial charge in [-0.2, -0.15) is 0 Å². The molecule has 0 bridgehead atoms. The molecule has 0 aliphatic carbocycles. The van der Waals surface area contributed by atoms with Gasteiger partial charge in [0.25, 0.3) is 0 Å². The molecule has 0 spiro atoms. The predicted molar refractivity (Wildman–Crippen MR) is 75.6 cm³/mol. The van der Waals surface area contributed by atoms with E-state index in [1.54, 1.807) is 0 Å². The topological polar surface area (TPSA) is 92.4 Å². The molecule has 19 heavy (non-hydrogen) atoms. The molecule has 0 aromatic rings. The summed E-state index contributed by atoms with van der Waals surface area (Å²) in [6.45, 7) is 10.2. The van der Waals surface area contributed by atoms with Gasteiger partial charge < -0.3 is 16.2 Å². The van der Waals surface area contributed by atoms with Crippen molar-refractivity contribution < 1.29 is 14.7 Å². The molecule has 0 aliphatic rings. The van der Waals surface area contributed by atoms with Gasteiger partial charge in [-0.25, -0.2) is 4.79 Å². The maximum absolute atomic E-state index is 12.1. The first-order valence-electron chi connectivity index (χ1n) is 6.80. The molecule has 0 aromatic heterocycles. The van der Waals surface area contributed by atoms with E-state index in [0.717, 1.165) is 0 Å². The number of amides is 1. The van der Waals surface area contributed by atoms with Crippen molar-refractivity contribution in [3.63, 3.8) is 0 Å². The number of rotatable bonds is 7. The Morgan fingerprint density at radius 3 is 2.11 bits per heavy atom. The maximum Gasteiger partial charge on any atom is 0.326 e. The number of nitrogens with two attached hydrogens (primary N) is 1. The molecule has 0 rings (SSSR count). The second-order valence-corrected chi connectivity index (χ2v) is 6.73. The molecule has 5 nitrogen and oxygen atoms in total. The summed E-state index contributed by atoms with van der Waals surface area (Å²) in [6, 6.07) is -0.832. The number of carboxylic acids is 1. The fourth-order valence-electron chi connectivity index (χ4n) is 2.00. The molecule has 0 aromatic carbocycles. The third-order valence-corrected chi connectivity index (χ3v) is 2.84. The van der Waals surface area contributed by atoms with Crippen LogP contribution < -0.4 is 11.1 Å². The van der Waals surface area contributed by atoms with Crippen LogP contribution in [0, 0.1) is 17.3 Å². The van der Waals surface area contributed by atoms with E-state index in [1.165, 1.54) is 0 Å². The largest absolute Gasteiger partial charge is 0.480 e.